The zero-order valence-electron chi connectivity index (χ0n) is 14.5. The van der Waals surface area contributed by atoms with Crippen LogP contribution in [0.5, 0.6) is 0 Å². The number of amides is 1. The number of hydrogen-bond acceptors (Lipinski definition) is 6. The number of rotatable bonds is 5. The highest BCUT2D eigenvalue weighted by atomic mass is 32.2. The Kier molecular flexibility index (Phi) is 4.01. The first-order chi connectivity index (χ1) is 12.7. The van der Waals surface area contributed by atoms with Crippen LogP contribution in [-0.2, 0) is 11.3 Å². The van der Waals surface area contributed by atoms with E-state index in [1.165, 1.54) is 0 Å². The Morgan fingerprint density at radius 2 is 2.15 bits per heavy atom. The lowest BCUT2D eigenvalue weighted by Crippen LogP contribution is -2.60. The molecule has 2 saturated heterocycles. The largest absolute Gasteiger partial charge is 0.373 e. The highest BCUT2D eigenvalue weighted by Gasteiger charge is 2.51. The average Bonchev–Trinajstić information content (AvgIpc) is 3.20. The molecular formula is C19H21N3O3S. The monoisotopic (exact) mass is 371 g/mol. The number of aromatic nitrogens is 2. The topological polar surface area (TPSA) is 68.5 Å². The summed E-state index contributed by atoms with van der Waals surface area (Å²) in [5.41, 5.74) is 1.60. The summed E-state index contributed by atoms with van der Waals surface area (Å²) in [6.07, 6.45) is 7.12. The molecule has 1 aliphatic carbocycles. The molecule has 3 aliphatic rings. The minimum atomic E-state index is -0.00645. The van der Waals surface area contributed by atoms with E-state index in [1.54, 1.807) is 12.4 Å². The summed E-state index contributed by atoms with van der Waals surface area (Å²) in [7, 11) is 0. The van der Waals surface area contributed by atoms with Gasteiger partial charge in [-0.05, 0) is 37.0 Å². The molecule has 4 heterocycles. The number of carbonyl (C=O) groups excluding carboxylic acids is 1. The van der Waals surface area contributed by atoms with Gasteiger partial charge in [0.25, 0.3) is 5.91 Å². The zero-order valence-corrected chi connectivity index (χ0v) is 15.3. The molecule has 0 aromatic carbocycles. The number of carbonyl (C=O) groups is 1. The van der Waals surface area contributed by atoms with Gasteiger partial charge in [0.2, 0.25) is 0 Å². The normalized spacial score (nSPS) is 24.0. The quantitative estimate of drug-likeness (QED) is 0.805. The molecule has 1 unspecified atom stereocenters. The Hall–Kier alpha value is -1.86. The Morgan fingerprint density at radius 3 is 2.92 bits per heavy atom. The van der Waals surface area contributed by atoms with Crippen LogP contribution >= 0.6 is 11.8 Å². The molecule has 1 saturated carbocycles. The molecule has 3 fully saturated rings. The molecule has 0 bridgehead atoms. The van der Waals surface area contributed by atoms with Gasteiger partial charge in [0, 0.05) is 43.2 Å². The van der Waals surface area contributed by atoms with Crippen molar-refractivity contribution in [1.82, 2.24) is 15.0 Å². The van der Waals surface area contributed by atoms with Crippen LogP contribution in [0.25, 0.3) is 0 Å². The second-order valence-electron chi connectivity index (χ2n) is 7.54. The van der Waals surface area contributed by atoms with E-state index in [4.69, 9.17) is 9.26 Å². The highest BCUT2D eigenvalue weighted by molar-refractivity contribution is 8.01. The predicted octanol–water partition coefficient (Wildman–Crippen LogP) is 2.86. The van der Waals surface area contributed by atoms with Gasteiger partial charge < -0.3 is 14.2 Å². The summed E-state index contributed by atoms with van der Waals surface area (Å²) in [6.45, 7) is 2.17. The molecule has 2 aromatic heterocycles. The summed E-state index contributed by atoms with van der Waals surface area (Å²) >= 11 is 1.94. The molecular weight excluding hydrogens is 350 g/mol. The van der Waals surface area contributed by atoms with Crippen molar-refractivity contribution in [2.45, 2.75) is 42.6 Å². The third kappa shape index (κ3) is 3.14. The van der Waals surface area contributed by atoms with Gasteiger partial charge >= 0.3 is 0 Å². The van der Waals surface area contributed by atoms with E-state index in [0.29, 0.717) is 18.2 Å². The third-order valence-electron chi connectivity index (χ3n) is 5.38. The lowest BCUT2D eigenvalue weighted by atomic mass is 9.92. The van der Waals surface area contributed by atoms with Crippen molar-refractivity contribution >= 4 is 17.7 Å². The second kappa shape index (κ2) is 6.39. The second-order valence-corrected chi connectivity index (χ2v) is 9.02. The number of nitrogens with zero attached hydrogens (tertiary/aromatic N) is 3. The lowest BCUT2D eigenvalue weighted by molar-refractivity contribution is 0.0251. The van der Waals surface area contributed by atoms with Crippen LogP contribution in [0.15, 0.2) is 35.1 Å². The SMILES string of the molecule is O=C(c1cc(C2CC2)on1)N1CC2(CC(OCc3ccncc3)CS2)C1. The Bertz CT molecular complexity index is 799. The molecule has 2 aliphatic heterocycles. The van der Waals surface area contributed by atoms with E-state index < -0.39 is 0 Å². The Labute approximate surface area is 156 Å². The van der Waals surface area contributed by atoms with Crippen molar-refractivity contribution in [3.63, 3.8) is 0 Å². The molecule has 136 valence electrons. The average molecular weight is 371 g/mol. The number of pyridine rings is 1. The van der Waals surface area contributed by atoms with Crippen molar-refractivity contribution in [2.24, 2.45) is 0 Å². The van der Waals surface area contributed by atoms with Crippen molar-refractivity contribution in [1.29, 1.82) is 0 Å². The lowest BCUT2D eigenvalue weighted by Gasteiger charge is -2.47. The van der Waals surface area contributed by atoms with Gasteiger partial charge in [-0.2, -0.15) is 0 Å². The van der Waals surface area contributed by atoms with Gasteiger partial charge in [0.05, 0.1) is 17.5 Å². The number of ether oxygens (including phenoxy) is 1. The molecule has 26 heavy (non-hydrogen) atoms. The molecule has 1 atom stereocenters. The maximum Gasteiger partial charge on any atom is 0.276 e. The van der Waals surface area contributed by atoms with Crippen LogP contribution in [0.4, 0.5) is 0 Å². The standard InChI is InChI=1S/C19H21N3O3S/c23-18(16-7-17(25-21-16)14-1-2-14)22-11-19(12-22)8-15(10-26-19)24-9-13-3-5-20-6-4-13/h3-7,14-15H,1-2,8-12H2. The Balaban J connectivity index is 1.13. The van der Waals surface area contributed by atoms with Crippen molar-refractivity contribution in [3.05, 3.63) is 47.6 Å². The highest BCUT2D eigenvalue weighted by Crippen LogP contribution is 2.46. The molecule has 2 aromatic rings. The summed E-state index contributed by atoms with van der Waals surface area (Å²) in [4.78, 5) is 18.5. The molecule has 5 rings (SSSR count). The number of likely N-dealkylation sites (tertiary alicyclic amines) is 1. The van der Waals surface area contributed by atoms with Crippen LogP contribution in [0, 0.1) is 0 Å². The number of thioether (sulfide) groups is 1. The minimum Gasteiger partial charge on any atom is -0.373 e. The van der Waals surface area contributed by atoms with Crippen molar-refractivity contribution in [3.8, 4) is 0 Å². The van der Waals surface area contributed by atoms with Crippen LogP contribution in [0.3, 0.4) is 0 Å². The van der Waals surface area contributed by atoms with E-state index in [9.17, 15) is 4.79 Å². The summed E-state index contributed by atoms with van der Waals surface area (Å²) < 4.78 is 11.5. The van der Waals surface area contributed by atoms with Gasteiger partial charge in [0.1, 0.15) is 5.76 Å². The molecule has 7 heteroatoms. The number of hydrogen-bond donors (Lipinski definition) is 0. The molecule has 6 nitrogen and oxygen atoms in total. The summed E-state index contributed by atoms with van der Waals surface area (Å²) in [5, 5.41) is 3.97. The van der Waals surface area contributed by atoms with E-state index in [0.717, 1.165) is 49.4 Å². The smallest absolute Gasteiger partial charge is 0.276 e. The van der Waals surface area contributed by atoms with E-state index in [-0.39, 0.29) is 16.8 Å². The van der Waals surface area contributed by atoms with Gasteiger partial charge in [-0.3, -0.25) is 9.78 Å². The first-order valence-electron chi connectivity index (χ1n) is 9.11. The van der Waals surface area contributed by atoms with Crippen LogP contribution in [0.2, 0.25) is 0 Å². The molecule has 0 N–H and O–H groups in total. The predicted molar refractivity (Wildman–Crippen MR) is 97.0 cm³/mol. The summed E-state index contributed by atoms with van der Waals surface area (Å²) in [6, 6.07) is 5.79. The molecule has 1 spiro atoms. The van der Waals surface area contributed by atoms with Gasteiger partial charge in [0.15, 0.2) is 5.69 Å². The summed E-state index contributed by atoms with van der Waals surface area (Å²) in [5.74, 6) is 2.33. The third-order valence-corrected chi connectivity index (χ3v) is 6.96. The Morgan fingerprint density at radius 1 is 1.35 bits per heavy atom. The first kappa shape index (κ1) is 16.3. The van der Waals surface area contributed by atoms with E-state index in [2.05, 4.69) is 10.1 Å². The maximum absolute atomic E-state index is 12.6. The fraction of sp³-hybridized carbons (Fsp3) is 0.526. The zero-order chi connectivity index (χ0) is 17.6. The van der Waals surface area contributed by atoms with Crippen LogP contribution in [-0.4, -0.2) is 50.6 Å². The van der Waals surface area contributed by atoms with Crippen molar-refractivity contribution < 1.29 is 14.1 Å². The minimum absolute atomic E-state index is 0.00645. The van der Waals surface area contributed by atoms with Crippen LogP contribution in [0.1, 0.15) is 47.0 Å². The fourth-order valence-corrected chi connectivity index (χ4v) is 5.28. The van der Waals surface area contributed by atoms with Crippen molar-refractivity contribution in [2.75, 3.05) is 18.8 Å². The molecule has 0 radical (unpaired) electrons. The maximum atomic E-state index is 12.6. The van der Waals surface area contributed by atoms with E-state index in [1.807, 2.05) is 34.9 Å². The van der Waals surface area contributed by atoms with Crippen LogP contribution < -0.4 is 0 Å². The van der Waals surface area contributed by atoms with Gasteiger partial charge in [-0.25, -0.2) is 0 Å². The van der Waals surface area contributed by atoms with E-state index >= 15 is 0 Å². The fourth-order valence-electron chi connectivity index (χ4n) is 3.73. The van der Waals surface area contributed by atoms with Gasteiger partial charge in [-0.15, -0.1) is 11.8 Å². The first-order valence-corrected chi connectivity index (χ1v) is 10.1. The molecule has 1 amide bonds. The van der Waals surface area contributed by atoms with Gasteiger partial charge in [-0.1, -0.05) is 5.16 Å².